The molecular formula is C22H38N4O2. The van der Waals surface area contributed by atoms with Gasteiger partial charge < -0.3 is 9.80 Å². The van der Waals surface area contributed by atoms with Gasteiger partial charge in [0.1, 0.15) is 0 Å². The highest BCUT2D eigenvalue weighted by Gasteiger charge is 2.32. The quantitative estimate of drug-likeness (QED) is 0.651. The molecule has 0 N–H and O–H groups in total. The second kappa shape index (κ2) is 10.2. The van der Waals surface area contributed by atoms with Gasteiger partial charge in [-0.15, -0.1) is 0 Å². The van der Waals surface area contributed by atoms with Crippen LogP contribution in [0.2, 0.25) is 0 Å². The fourth-order valence-electron chi connectivity index (χ4n) is 4.30. The van der Waals surface area contributed by atoms with E-state index < -0.39 is 0 Å². The molecule has 2 fully saturated rings. The second-order valence-corrected chi connectivity index (χ2v) is 8.53. The van der Waals surface area contributed by atoms with E-state index in [1.54, 1.807) is 6.08 Å². The van der Waals surface area contributed by atoms with Gasteiger partial charge in [-0.2, -0.15) is 0 Å². The molecule has 0 aromatic carbocycles. The van der Waals surface area contributed by atoms with Crippen molar-refractivity contribution in [2.45, 2.75) is 65.2 Å². The predicted octanol–water partition coefficient (Wildman–Crippen LogP) is 1.98. The molecule has 0 bridgehead atoms. The zero-order valence-electron chi connectivity index (χ0n) is 18.3. The van der Waals surface area contributed by atoms with Gasteiger partial charge in [-0.1, -0.05) is 12.7 Å². The second-order valence-electron chi connectivity index (χ2n) is 8.53. The lowest BCUT2D eigenvalue weighted by Gasteiger charge is -2.45. The lowest BCUT2D eigenvalue weighted by atomic mass is 10.1. The predicted molar refractivity (Wildman–Crippen MR) is 114 cm³/mol. The van der Waals surface area contributed by atoms with E-state index >= 15 is 0 Å². The first-order chi connectivity index (χ1) is 13.2. The van der Waals surface area contributed by atoms with Crippen molar-refractivity contribution in [3.8, 4) is 0 Å². The van der Waals surface area contributed by atoms with Crippen molar-refractivity contribution in [1.29, 1.82) is 0 Å². The molecule has 2 heterocycles. The number of rotatable bonds is 6. The van der Waals surface area contributed by atoms with Crippen LogP contribution in [0, 0.1) is 0 Å². The van der Waals surface area contributed by atoms with Crippen molar-refractivity contribution in [2.75, 3.05) is 39.3 Å². The third kappa shape index (κ3) is 5.67. The summed E-state index contributed by atoms with van der Waals surface area (Å²) in [5, 5.41) is 0. The zero-order valence-corrected chi connectivity index (χ0v) is 18.3. The SMILES string of the molecule is C=CC(=O)N1CCN(C(C)C/C=C/C(=O)N2CC(C)N(C(C)C)CC2C)CC1. The standard InChI is InChI=1S/C22H38N4O2/c1-7-21(27)24-13-11-23(12-14-24)18(4)9-8-10-22(28)26-16-19(5)25(17(2)3)15-20(26)6/h7-8,10,17-20H,1,9,11-16H2,2-6H3/b10-8+. The smallest absolute Gasteiger partial charge is 0.246 e. The monoisotopic (exact) mass is 390 g/mol. The number of carbonyl (C=O) groups is 2. The van der Waals surface area contributed by atoms with Gasteiger partial charge in [0, 0.05) is 63.4 Å². The highest BCUT2D eigenvalue weighted by Crippen LogP contribution is 2.18. The van der Waals surface area contributed by atoms with Crippen LogP contribution in [0.15, 0.2) is 24.8 Å². The Bertz CT molecular complexity index is 581. The lowest BCUT2D eigenvalue weighted by molar-refractivity contribution is -0.132. The van der Waals surface area contributed by atoms with E-state index in [-0.39, 0.29) is 17.9 Å². The van der Waals surface area contributed by atoms with Crippen molar-refractivity contribution in [3.63, 3.8) is 0 Å². The molecule has 3 unspecified atom stereocenters. The maximum atomic E-state index is 12.7. The number of hydrogen-bond donors (Lipinski definition) is 0. The van der Waals surface area contributed by atoms with Crippen LogP contribution >= 0.6 is 0 Å². The van der Waals surface area contributed by atoms with Gasteiger partial charge in [0.15, 0.2) is 0 Å². The Hall–Kier alpha value is -1.66. The molecule has 0 aromatic heterocycles. The third-order valence-corrected chi connectivity index (χ3v) is 6.14. The van der Waals surface area contributed by atoms with Crippen LogP contribution in [0.4, 0.5) is 0 Å². The maximum Gasteiger partial charge on any atom is 0.246 e. The highest BCUT2D eigenvalue weighted by molar-refractivity contribution is 5.88. The summed E-state index contributed by atoms with van der Waals surface area (Å²) >= 11 is 0. The van der Waals surface area contributed by atoms with Crippen molar-refractivity contribution < 1.29 is 9.59 Å². The van der Waals surface area contributed by atoms with Crippen LogP contribution in [0.25, 0.3) is 0 Å². The molecular weight excluding hydrogens is 352 g/mol. The summed E-state index contributed by atoms with van der Waals surface area (Å²) in [5.74, 6) is 0.134. The molecule has 2 aliphatic rings. The van der Waals surface area contributed by atoms with Crippen molar-refractivity contribution in [3.05, 3.63) is 24.8 Å². The van der Waals surface area contributed by atoms with Gasteiger partial charge in [-0.05, 0) is 53.2 Å². The summed E-state index contributed by atoms with van der Waals surface area (Å²) < 4.78 is 0. The summed E-state index contributed by atoms with van der Waals surface area (Å²) in [4.78, 5) is 33.1. The van der Waals surface area contributed by atoms with Crippen LogP contribution in [0.3, 0.4) is 0 Å². The molecule has 0 aromatic rings. The molecule has 158 valence electrons. The van der Waals surface area contributed by atoms with E-state index in [4.69, 9.17) is 0 Å². The number of nitrogens with zero attached hydrogens (tertiary/aromatic N) is 4. The van der Waals surface area contributed by atoms with Gasteiger partial charge in [0.05, 0.1) is 0 Å². The Labute approximate surface area is 170 Å². The van der Waals surface area contributed by atoms with Gasteiger partial charge >= 0.3 is 0 Å². The van der Waals surface area contributed by atoms with Gasteiger partial charge in [0.2, 0.25) is 11.8 Å². The minimum atomic E-state index is 0.0127. The first kappa shape index (κ1) is 22.6. The van der Waals surface area contributed by atoms with Crippen molar-refractivity contribution >= 4 is 11.8 Å². The summed E-state index contributed by atoms with van der Waals surface area (Å²) in [7, 11) is 0. The number of carbonyl (C=O) groups excluding carboxylic acids is 2. The topological polar surface area (TPSA) is 47.1 Å². The van der Waals surface area contributed by atoms with E-state index in [0.717, 1.165) is 45.7 Å². The highest BCUT2D eigenvalue weighted by atomic mass is 16.2. The molecule has 6 nitrogen and oxygen atoms in total. The largest absolute Gasteiger partial charge is 0.337 e. The van der Waals surface area contributed by atoms with E-state index in [9.17, 15) is 9.59 Å². The molecule has 2 amide bonds. The van der Waals surface area contributed by atoms with Crippen LogP contribution in [0.1, 0.15) is 41.0 Å². The Morgan fingerprint density at radius 1 is 1.00 bits per heavy atom. The van der Waals surface area contributed by atoms with Crippen LogP contribution < -0.4 is 0 Å². The molecule has 0 spiro atoms. The fourth-order valence-corrected chi connectivity index (χ4v) is 4.30. The van der Waals surface area contributed by atoms with Crippen LogP contribution in [0.5, 0.6) is 0 Å². The summed E-state index contributed by atoms with van der Waals surface area (Å²) in [6, 6.07) is 1.50. The Kier molecular flexibility index (Phi) is 8.25. The molecule has 2 saturated heterocycles. The van der Waals surface area contributed by atoms with E-state index in [0.29, 0.717) is 18.1 Å². The molecule has 0 saturated carbocycles. The molecule has 3 atom stereocenters. The average molecular weight is 391 g/mol. The van der Waals surface area contributed by atoms with E-state index in [2.05, 4.69) is 51.0 Å². The lowest BCUT2D eigenvalue weighted by Crippen LogP contribution is -2.59. The summed E-state index contributed by atoms with van der Waals surface area (Å²) in [6.07, 6.45) is 6.00. The van der Waals surface area contributed by atoms with E-state index in [1.807, 2.05) is 15.9 Å². The molecule has 0 aliphatic carbocycles. The van der Waals surface area contributed by atoms with Gasteiger partial charge in [-0.25, -0.2) is 0 Å². The average Bonchev–Trinajstić information content (AvgIpc) is 2.68. The summed E-state index contributed by atoms with van der Waals surface area (Å²) in [6.45, 7) is 19.5. The number of piperazine rings is 2. The third-order valence-electron chi connectivity index (χ3n) is 6.14. The van der Waals surface area contributed by atoms with Gasteiger partial charge in [-0.3, -0.25) is 19.4 Å². The maximum absolute atomic E-state index is 12.7. The molecule has 28 heavy (non-hydrogen) atoms. The normalized spacial score (nSPS) is 26.1. The minimum absolute atomic E-state index is 0.0127. The summed E-state index contributed by atoms with van der Waals surface area (Å²) in [5.41, 5.74) is 0. The van der Waals surface area contributed by atoms with Crippen molar-refractivity contribution in [1.82, 2.24) is 19.6 Å². The van der Waals surface area contributed by atoms with Crippen LogP contribution in [-0.2, 0) is 9.59 Å². The van der Waals surface area contributed by atoms with E-state index in [1.165, 1.54) is 6.08 Å². The molecule has 2 aliphatic heterocycles. The molecule has 0 radical (unpaired) electrons. The minimum Gasteiger partial charge on any atom is -0.337 e. The van der Waals surface area contributed by atoms with Crippen molar-refractivity contribution in [2.24, 2.45) is 0 Å². The fraction of sp³-hybridized carbons (Fsp3) is 0.727. The molecule has 6 heteroatoms. The molecule has 2 rings (SSSR count). The Balaban J connectivity index is 1.80. The van der Waals surface area contributed by atoms with Crippen LogP contribution in [-0.4, -0.2) is 94.8 Å². The number of amides is 2. The Morgan fingerprint density at radius 3 is 2.21 bits per heavy atom. The van der Waals surface area contributed by atoms with Gasteiger partial charge in [0.25, 0.3) is 0 Å². The zero-order chi connectivity index (χ0) is 20.8. The first-order valence-electron chi connectivity index (χ1n) is 10.6. The first-order valence-corrected chi connectivity index (χ1v) is 10.6. The Morgan fingerprint density at radius 2 is 1.64 bits per heavy atom. The number of hydrogen-bond acceptors (Lipinski definition) is 4.